The third-order valence-corrected chi connectivity index (χ3v) is 10.5. The largest absolute Gasteiger partial charge is 0.460 e. The monoisotopic (exact) mass is 434 g/mol. The summed E-state index contributed by atoms with van der Waals surface area (Å²) in [4.78, 5) is 13.3. The van der Waals surface area contributed by atoms with Crippen molar-refractivity contribution in [3.63, 3.8) is 0 Å². The Morgan fingerprint density at radius 1 is 1.20 bits per heavy atom. The molecule has 1 aliphatic heterocycles. The van der Waals surface area contributed by atoms with Crippen LogP contribution in [0.2, 0.25) is 0 Å². The predicted octanol–water partition coefficient (Wildman–Crippen LogP) is 2.89. The Balaban J connectivity index is 1.61. The fourth-order valence-corrected chi connectivity index (χ4v) is 8.37. The number of carbonyl (C=O) groups excluding carboxylic acids is 1. The maximum absolute atomic E-state index is 13.3. The molecule has 1 N–H and O–H groups in total. The van der Waals surface area contributed by atoms with Crippen LogP contribution < -0.4 is 5.32 Å². The lowest BCUT2D eigenvalue weighted by molar-refractivity contribution is -0.160. The smallest absolute Gasteiger partial charge is 0.332 e. The Kier molecular flexibility index (Phi) is 5.31. The van der Waals surface area contributed by atoms with Gasteiger partial charge in [0.2, 0.25) is 10.0 Å². The molecule has 1 saturated heterocycles. The van der Waals surface area contributed by atoms with E-state index < -0.39 is 21.0 Å². The van der Waals surface area contributed by atoms with Gasteiger partial charge in [-0.3, -0.25) is 5.32 Å². The standard InChI is InChI=1S/C23H34N2O4S/c1-5-25(6-2)30(27,28)16-22-13-12-18(21(22,3)4)14-19(22)29-20(26)23(15-24-23)17-10-8-7-9-11-17/h7-11,18-19,24H,5-6,12-16H2,1-4H3/t18-,19-,22-,23+/m1/s1. The first-order valence-corrected chi connectivity index (χ1v) is 12.7. The van der Waals surface area contributed by atoms with Gasteiger partial charge in [0.1, 0.15) is 6.10 Å². The van der Waals surface area contributed by atoms with Crippen LogP contribution in [0.3, 0.4) is 0 Å². The van der Waals surface area contributed by atoms with Crippen LogP contribution in [0.1, 0.15) is 52.5 Å². The van der Waals surface area contributed by atoms with Gasteiger partial charge in [0.25, 0.3) is 0 Å². The van der Waals surface area contributed by atoms with Crippen molar-refractivity contribution in [3.8, 4) is 0 Å². The number of nitrogens with one attached hydrogen (secondary N) is 1. The molecule has 0 unspecified atom stereocenters. The molecule has 30 heavy (non-hydrogen) atoms. The first-order valence-electron chi connectivity index (χ1n) is 11.1. The van der Waals surface area contributed by atoms with E-state index in [9.17, 15) is 13.2 Å². The second-order valence-corrected chi connectivity index (χ2v) is 11.7. The fraction of sp³-hybridized carbons (Fsp3) is 0.696. The van der Waals surface area contributed by atoms with Crippen molar-refractivity contribution >= 4 is 16.0 Å². The highest BCUT2D eigenvalue weighted by atomic mass is 32.2. The second-order valence-electron chi connectivity index (χ2n) is 9.71. The normalized spacial score (nSPS) is 34.3. The molecule has 2 bridgehead atoms. The third kappa shape index (κ3) is 3.12. The van der Waals surface area contributed by atoms with E-state index in [1.165, 1.54) is 4.31 Å². The number of hydrogen-bond donors (Lipinski definition) is 1. The van der Waals surface area contributed by atoms with Crippen molar-refractivity contribution in [2.75, 3.05) is 25.4 Å². The minimum atomic E-state index is -3.44. The van der Waals surface area contributed by atoms with Crippen LogP contribution in [0.5, 0.6) is 0 Å². The molecule has 1 aromatic carbocycles. The van der Waals surface area contributed by atoms with Crippen LogP contribution in [0.15, 0.2) is 30.3 Å². The van der Waals surface area contributed by atoms with Crippen LogP contribution in [0.25, 0.3) is 0 Å². The lowest BCUT2D eigenvalue weighted by Gasteiger charge is -2.42. The number of hydrogen-bond acceptors (Lipinski definition) is 5. The zero-order valence-electron chi connectivity index (χ0n) is 18.5. The van der Waals surface area contributed by atoms with Gasteiger partial charge in [0.05, 0.1) is 5.75 Å². The molecule has 166 valence electrons. The molecule has 0 amide bonds. The molecule has 7 heteroatoms. The second kappa shape index (κ2) is 7.31. The molecule has 4 atom stereocenters. The average molecular weight is 435 g/mol. The molecular weight excluding hydrogens is 400 g/mol. The average Bonchev–Trinajstić information content (AvgIpc) is 3.45. The maximum Gasteiger partial charge on any atom is 0.332 e. The zero-order valence-corrected chi connectivity index (χ0v) is 19.3. The highest BCUT2D eigenvalue weighted by Crippen LogP contribution is 2.67. The summed E-state index contributed by atoms with van der Waals surface area (Å²) in [7, 11) is -3.44. The molecular formula is C23H34N2O4S. The van der Waals surface area contributed by atoms with E-state index in [4.69, 9.17) is 4.74 Å². The van der Waals surface area contributed by atoms with Crippen LogP contribution in [-0.4, -0.2) is 50.2 Å². The van der Waals surface area contributed by atoms with Gasteiger partial charge < -0.3 is 4.74 Å². The predicted molar refractivity (Wildman–Crippen MR) is 116 cm³/mol. The van der Waals surface area contributed by atoms with Gasteiger partial charge in [0, 0.05) is 25.0 Å². The zero-order chi connectivity index (χ0) is 21.8. The summed E-state index contributed by atoms with van der Waals surface area (Å²) < 4.78 is 34.2. The van der Waals surface area contributed by atoms with Crippen LogP contribution >= 0.6 is 0 Å². The molecule has 4 rings (SSSR count). The molecule has 1 aromatic rings. The van der Waals surface area contributed by atoms with E-state index in [-0.39, 0.29) is 23.2 Å². The molecule has 1 heterocycles. The number of esters is 1. The van der Waals surface area contributed by atoms with E-state index >= 15 is 0 Å². The summed E-state index contributed by atoms with van der Waals surface area (Å²) in [5.41, 5.74) is -0.606. The molecule has 0 spiro atoms. The van der Waals surface area contributed by atoms with Gasteiger partial charge in [-0.25, -0.2) is 17.5 Å². The van der Waals surface area contributed by atoms with Crippen molar-refractivity contribution in [1.82, 2.24) is 9.62 Å². The number of nitrogens with zero attached hydrogens (tertiary/aromatic N) is 1. The first-order chi connectivity index (χ1) is 14.1. The Bertz CT molecular complexity index is 906. The van der Waals surface area contributed by atoms with E-state index in [1.807, 2.05) is 44.2 Å². The Morgan fingerprint density at radius 3 is 2.37 bits per heavy atom. The van der Waals surface area contributed by atoms with E-state index in [0.29, 0.717) is 25.6 Å². The number of carbonyl (C=O) groups is 1. The van der Waals surface area contributed by atoms with Crippen molar-refractivity contribution < 1.29 is 17.9 Å². The van der Waals surface area contributed by atoms with Crippen LogP contribution in [-0.2, 0) is 25.1 Å². The Morgan fingerprint density at radius 2 is 1.83 bits per heavy atom. The molecule has 0 aromatic heterocycles. The molecule has 3 aliphatic rings. The van der Waals surface area contributed by atoms with Crippen LogP contribution in [0, 0.1) is 16.7 Å². The lowest BCUT2D eigenvalue weighted by Crippen LogP contribution is -2.50. The highest BCUT2D eigenvalue weighted by Gasteiger charge is 2.68. The number of ether oxygens (including phenoxy) is 1. The summed E-state index contributed by atoms with van der Waals surface area (Å²) in [5, 5.41) is 3.20. The molecule has 0 radical (unpaired) electrons. The molecule has 2 saturated carbocycles. The van der Waals surface area contributed by atoms with Gasteiger partial charge in [-0.15, -0.1) is 0 Å². The summed E-state index contributed by atoms with van der Waals surface area (Å²) in [6.07, 6.45) is 2.16. The number of benzene rings is 1. The summed E-state index contributed by atoms with van der Waals surface area (Å²) in [5.74, 6) is 0.151. The van der Waals surface area contributed by atoms with Crippen molar-refractivity contribution in [2.45, 2.75) is 58.6 Å². The Labute approximate surface area is 180 Å². The molecule has 2 aliphatic carbocycles. The molecule has 6 nitrogen and oxygen atoms in total. The summed E-state index contributed by atoms with van der Waals surface area (Å²) in [6.45, 7) is 9.55. The molecule has 3 fully saturated rings. The summed E-state index contributed by atoms with van der Waals surface area (Å²) >= 11 is 0. The lowest BCUT2D eigenvalue weighted by atomic mass is 9.69. The van der Waals surface area contributed by atoms with Gasteiger partial charge >= 0.3 is 5.97 Å². The van der Waals surface area contributed by atoms with Gasteiger partial charge in [-0.2, -0.15) is 0 Å². The van der Waals surface area contributed by atoms with Crippen LogP contribution in [0.4, 0.5) is 0 Å². The minimum Gasteiger partial charge on any atom is -0.460 e. The van der Waals surface area contributed by atoms with E-state index in [2.05, 4.69) is 19.2 Å². The fourth-order valence-electron chi connectivity index (χ4n) is 6.05. The topological polar surface area (TPSA) is 85.6 Å². The van der Waals surface area contributed by atoms with Crippen molar-refractivity contribution in [2.24, 2.45) is 16.7 Å². The number of rotatable bonds is 8. The minimum absolute atomic E-state index is 0.0505. The maximum atomic E-state index is 13.3. The number of fused-ring (bicyclic) bond motifs is 2. The van der Waals surface area contributed by atoms with Gasteiger partial charge in [-0.05, 0) is 36.2 Å². The van der Waals surface area contributed by atoms with E-state index in [1.54, 1.807) is 0 Å². The summed E-state index contributed by atoms with van der Waals surface area (Å²) in [6, 6.07) is 9.64. The van der Waals surface area contributed by atoms with E-state index in [0.717, 1.165) is 24.8 Å². The Hall–Kier alpha value is -1.44. The highest BCUT2D eigenvalue weighted by molar-refractivity contribution is 7.89. The van der Waals surface area contributed by atoms with Gasteiger partial charge in [-0.1, -0.05) is 58.0 Å². The van der Waals surface area contributed by atoms with Gasteiger partial charge in [0.15, 0.2) is 5.54 Å². The van der Waals surface area contributed by atoms with Crippen molar-refractivity contribution in [3.05, 3.63) is 35.9 Å². The number of sulfonamides is 1. The van der Waals surface area contributed by atoms with Crippen molar-refractivity contribution in [1.29, 1.82) is 0 Å². The quantitative estimate of drug-likeness (QED) is 0.502. The first kappa shape index (κ1) is 21.8. The SMILES string of the molecule is CCN(CC)S(=O)(=O)C[C@]12CC[C@H](C[C@H]1OC(=O)[C@@]1(c3ccccc3)CN1)C2(C)C. The third-order valence-electron chi connectivity index (χ3n) is 8.29.